The molecule has 140 valence electrons. The first-order valence-electron chi connectivity index (χ1n) is 9.05. The molecule has 1 aromatic heterocycles. The van der Waals surface area contributed by atoms with Crippen LogP contribution in [0, 0.1) is 6.92 Å². The topological polar surface area (TPSA) is 77.2 Å². The highest BCUT2D eigenvalue weighted by molar-refractivity contribution is 5.94. The summed E-state index contributed by atoms with van der Waals surface area (Å²) in [4.78, 5) is 12.1. The predicted molar refractivity (Wildman–Crippen MR) is 103 cm³/mol. The van der Waals surface area contributed by atoms with Gasteiger partial charge in [-0.1, -0.05) is 18.2 Å². The van der Waals surface area contributed by atoms with Crippen molar-refractivity contribution >= 4 is 5.91 Å². The fourth-order valence-electron chi connectivity index (χ4n) is 2.65. The van der Waals surface area contributed by atoms with Gasteiger partial charge in [0, 0.05) is 36.4 Å². The van der Waals surface area contributed by atoms with E-state index in [1.165, 1.54) is 0 Å². The van der Waals surface area contributed by atoms with Gasteiger partial charge < -0.3 is 14.5 Å². The summed E-state index contributed by atoms with van der Waals surface area (Å²) >= 11 is 0. The maximum absolute atomic E-state index is 12.1. The summed E-state index contributed by atoms with van der Waals surface area (Å²) in [6, 6.07) is 15.0. The van der Waals surface area contributed by atoms with Crippen molar-refractivity contribution in [2.75, 3.05) is 19.8 Å². The number of hydrogen-bond donors (Lipinski definition) is 1. The van der Waals surface area contributed by atoms with Gasteiger partial charge in [0.2, 0.25) is 11.8 Å². The minimum Gasteiger partial charge on any atom is -0.416 e. The quantitative estimate of drug-likeness (QED) is 0.613. The molecule has 2 aromatic carbocycles. The summed E-state index contributed by atoms with van der Waals surface area (Å²) in [6.07, 6.45) is 0.793. The minimum absolute atomic E-state index is 0.107. The average Bonchev–Trinajstić information content (AvgIpc) is 3.18. The molecule has 0 unspecified atom stereocenters. The van der Waals surface area contributed by atoms with Crippen LogP contribution in [0.25, 0.3) is 22.9 Å². The molecule has 3 aromatic rings. The number of aromatic nitrogens is 2. The molecule has 0 fully saturated rings. The molecule has 0 atom stereocenters. The van der Waals surface area contributed by atoms with E-state index < -0.39 is 0 Å². The highest BCUT2D eigenvalue weighted by Crippen LogP contribution is 2.26. The van der Waals surface area contributed by atoms with Crippen LogP contribution in [-0.2, 0) is 4.74 Å². The smallest absolute Gasteiger partial charge is 0.251 e. The first-order chi connectivity index (χ1) is 13.2. The lowest BCUT2D eigenvalue weighted by Gasteiger charge is -2.05. The molecular weight excluding hydrogens is 342 g/mol. The molecule has 1 N–H and O–H groups in total. The Morgan fingerprint density at radius 3 is 2.56 bits per heavy atom. The Hall–Kier alpha value is -2.99. The number of carbonyl (C=O) groups is 1. The van der Waals surface area contributed by atoms with Crippen LogP contribution in [0.4, 0.5) is 0 Å². The number of ether oxygens (including phenoxy) is 1. The van der Waals surface area contributed by atoms with Gasteiger partial charge in [0.1, 0.15) is 0 Å². The van der Waals surface area contributed by atoms with Crippen LogP contribution in [-0.4, -0.2) is 35.9 Å². The van der Waals surface area contributed by atoms with Crippen LogP contribution in [0.15, 0.2) is 52.9 Å². The standard InChI is InChI=1S/C21H23N3O3/c1-3-26-14-6-13-22-19(25)16-9-11-17(12-10-16)20-23-24-21(27-20)18-8-5-4-7-15(18)2/h4-5,7-12H,3,6,13-14H2,1-2H3,(H,22,25). The molecule has 0 radical (unpaired) electrons. The third-order valence-electron chi connectivity index (χ3n) is 4.15. The number of rotatable bonds is 8. The number of benzene rings is 2. The molecule has 6 nitrogen and oxygen atoms in total. The van der Waals surface area contributed by atoms with E-state index in [-0.39, 0.29) is 5.91 Å². The first kappa shape index (κ1) is 18.8. The zero-order chi connectivity index (χ0) is 19.1. The molecule has 3 rings (SSSR count). The van der Waals surface area contributed by atoms with E-state index in [2.05, 4.69) is 15.5 Å². The zero-order valence-corrected chi connectivity index (χ0v) is 15.6. The number of nitrogens with zero attached hydrogens (tertiary/aromatic N) is 2. The summed E-state index contributed by atoms with van der Waals surface area (Å²) in [5.74, 6) is 0.806. The molecule has 27 heavy (non-hydrogen) atoms. The molecule has 0 aliphatic heterocycles. The molecule has 0 bridgehead atoms. The highest BCUT2D eigenvalue weighted by atomic mass is 16.5. The van der Waals surface area contributed by atoms with Crippen LogP contribution in [0.3, 0.4) is 0 Å². The average molecular weight is 365 g/mol. The fourth-order valence-corrected chi connectivity index (χ4v) is 2.65. The third-order valence-corrected chi connectivity index (χ3v) is 4.15. The first-order valence-corrected chi connectivity index (χ1v) is 9.05. The molecular formula is C21H23N3O3. The van der Waals surface area contributed by atoms with Crippen LogP contribution >= 0.6 is 0 Å². The number of nitrogens with one attached hydrogen (secondary N) is 1. The van der Waals surface area contributed by atoms with Crippen LogP contribution in [0.2, 0.25) is 0 Å². The van der Waals surface area contributed by atoms with Crippen molar-refractivity contribution in [2.45, 2.75) is 20.3 Å². The largest absolute Gasteiger partial charge is 0.416 e. The van der Waals surface area contributed by atoms with Crippen LogP contribution < -0.4 is 5.32 Å². The van der Waals surface area contributed by atoms with Gasteiger partial charge >= 0.3 is 0 Å². The second kappa shape index (κ2) is 9.09. The van der Waals surface area contributed by atoms with E-state index in [9.17, 15) is 4.79 Å². The van der Waals surface area contributed by atoms with Crippen molar-refractivity contribution in [3.05, 3.63) is 59.7 Å². The highest BCUT2D eigenvalue weighted by Gasteiger charge is 2.13. The van der Waals surface area contributed by atoms with Gasteiger partial charge in [0.15, 0.2) is 0 Å². The molecule has 0 saturated carbocycles. The molecule has 6 heteroatoms. The summed E-state index contributed by atoms with van der Waals surface area (Å²) in [6.45, 7) is 5.88. The monoisotopic (exact) mass is 365 g/mol. The molecule has 1 heterocycles. The summed E-state index contributed by atoms with van der Waals surface area (Å²) in [5, 5.41) is 11.1. The SMILES string of the molecule is CCOCCCNC(=O)c1ccc(-c2nnc(-c3ccccc3C)o2)cc1. The predicted octanol–water partition coefficient (Wildman–Crippen LogP) is 3.87. The van der Waals surface area contributed by atoms with Gasteiger partial charge in [-0.05, 0) is 56.2 Å². The zero-order valence-electron chi connectivity index (χ0n) is 15.6. The normalized spacial score (nSPS) is 10.7. The molecule has 0 aliphatic rings. The fraction of sp³-hybridized carbons (Fsp3) is 0.286. The number of aryl methyl sites for hydroxylation is 1. The van der Waals surface area contributed by atoms with Crippen LogP contribution in [0.5, 0.6) is 0 Å². The summed E-state index contributed by atoms with van der Waals surface area (Å²) in [7, 11) is 0. The lowest BCUT2D eigenvalue weighted by Crippen LogP contribution is -2.25. The maximum atomic E-state index is 12.1. The van der Waals surface area contributed by atoms with Crippen molar-refractivity contribution in [2.24, 2.45) is 0 Å². The molecule has 0 aliphatic carbocycles. The van der Waals surface area contributed by atoms with Gasteiger partial charge in [-0.2, -0.15) is 0 Å². The van der Waals surface area contributed by atoms with E-state index in [1.807, 2.05) is 50.2 Å². The number of carbonyl (C=O) groups excluding carboxylic acids is 1. The Bertz CT molecular complexity index is 888. The summed E-state index contributed by atoms with van der Waals surface area (Å²) in [5.41, 5.74) is 3.35. The van der Waals surface area contributed by atoms with E-state index in [0.717, 1.165) is 23.1 Å². The van der Waals surface area contributed by atoms with E-state index in [4.69, 9.17) is 9.15 Å². The number of hydrogen-bond acceptors (Lipinski definition) is 5. The second-order valence-corrected chi connectivity index (χ2v) is 6.11. The van der Waals surface area contributed by atoms with Crippen molar-refractivity contribution in [3.63, 3.8) is 0 Å². The van der Waals surface area contributed by atoms with E-state index in [0.29, 0.717) is 37.1 Å². The maximum Gasteiger partial charge on any atom is 0.251 e. The van der Waals surface area contributed by atoms with Gasteiger partial charge in [-0.3, -0.25) is 4.79 Å². The van der Waals surface area contributed by atoms with Crippen molar-refractivity contribution in [1.29, 1.82) is 0 Å². The molecule has 1 amide bonds. The Labute approximate surface area is 158 Å². The lowest BCUT2D eigenvalue weighted by atomic mass is 10.1. The lowest BCUT2D eigenvalue weighted by molar-refractivity contribution is 0.0944. The summed E-state index contributed by atoms with van der Waals surface area (Å²) < 4.78 is 11.1. The van der Waals surface area contributed by atoms with Gasteiger partial charge in [-0.15, -0.1) is 10.2 Å². The van der Waals surface area contributed by atoms with Crippen LogP contribution in [0.1, 0.15) is 29.3 Å². The third kappa shape index (κ3) is 4.80. The number of amides is 1. The van der Waals surface area contributed by atoms with E-state index >= 15 is 0 Å². The van der Waals surface area contributed by atoms with Gasteiger partial charge in [-0.25, -0.2) is 0 Å². The minimum atomic E-state index is -0.107. The van der Waals surface area contributed by atoms with Gasteiger partial charge in [0.05, 0.1) is 0 Å². The van der Waals surface area contributed by atoms with E-state index in [1.54, 1.807) is 12.1 Å². The molecule has 0 saturated heterocycles. The molecule has 0 spiro atoms. The van der Waals surface area contributed by atoms with Gasteiger partial charge in [0.25, 0.3) is 5.91 Å². The second-order valence-electron chi connectivity index (χ2n) is 6.11. The Morgan fingerprint density at radius 1 is 1.07 bits per heavy atom. The Morgan fingerprint density at radius 2 is 1.81 bits per heavy atom. The van der Waals surface area contributed by atoms with Crippen molar-refractivity contribution < 1.29 is 13.9 Å². The van der Waals surface area contributed by atoms with Crippen molar-refractivity contribution in [3.8, 4) is 22.9 Å². The Balaban J connectivity index is 1.64. The van der Waals surface area contributed by atoms with Crippen molar-refractivity contribution in [1.82, 2.24) is 15.5 Å². The Kier molecular flexibility index (Phi) is 6.33.